The molecular weight excluding hydrogens is 274 g/mol. The topological polar surface area (TPSA) is 76.7 Å². The fraction of sp³-hybridized carbons (Fsp3) is 0.118. The van der Waals surface area contributed by atoms with Gasteiger partial charge in [0.15, 0.2) is 0 Å². The number of pyridine rings is 1. The Morgan fingerprint density at radius 1 is 0.955 bits per heavy atom. The van der Waals surface area contributed by atoms with Gasteiger partial charge in [0.2, 0.25) is 5.95 Å². The molecule has 5 heteroatoms. The molecule has 0 saturated heterocycles. The zero-order valence-electron chi connectivity index (χ0n) is 12.5. The number of hydrogen-bond acceptors (Lipinski definition) is 5. The van der Waals surface area contributed by atoms with Crippen molar-refractivity contribution in [1.29, 1.82) is 0 Å². The van der Waals surface area contributed by atoms with E-state index in [0.717, 1.165) is 28.2 Å². The molecule has 0 amide bonds. The van der Waals surface area contributed by atoms with Crippen molar-refractivity contribution in [2.45, 2.75) is 13.8 Å². The van der Waals surface area contributed by atoms with E-state index in [4.69, 9.17) is 5.73 Å². The van der Waals surface area contributed by atoms with Gasteiger partial charge in [0.05, 0.1) is 11.4 Å². The lowest BCUT2D eigenvalue weighted by Crippen LogP contribution is -2.01. The van der Waals surface area contributed by atoms with Crippen LogP contribution in [0.25, 0.3) is 11.4 Å². The van der Waals surface area contributed by atoms with Crippen molar-refractivity contribution in [3.8, 4) is 11.4 Å². The molecule has 2 heterocycles. The standard InChI is InChI=1S/C17H17N5/c1-11-5-6-13(18)10-15(11)22-17-20-9-7-14(21-17)16-12(2)4-3-8-19-16/h3-10H,18H2,1-2H3,(H,20,21,22). The monoisotopic (exact) mass is 291 g/mol. The number of aryl methyl sites for hydroxylation is 2. The molecule has 0 spiro atoms. The van der Waals surface area contributed by atoms with Gasteiger partial charge in [-0.25, -0.2) is 9.97 Å². The van der Waals surface area contributed by atoms with Gasteiger partial charge in [0, 0.05) is 23.8 Å². The van der Waals surface area contributed by atoms with Crippen LogP contribution in [0, 0.1) is 13.8 Å². The molecule has 5 nitrogen and oxygen atoms in total. The van der Waals surface area contributed by atoms with Crippen molar-refractivity contribution in [2.75, 3.05) is 11.1 Å². The molecule has 0 fully saturated rings. The highest BCUT2D eigenvalue weighted by atomic mass is 15.1. The van der Waals surface area contributed by atoms with E-state index < -0.39 is 0 Å². The number of rotatable bonds is 3. The van der Waals surface area contributed by atoms with Gasteiger partial charge in [-0.2, -0.15) is 0 Å². The zero-order chi connectivity index (χ0) is 15.5. The van der Waals surface area contributed by atoms with Crippen molar-refractivity contribution in [3.63, 3.8) is 0 Å². The first-order valence-electron chi connectivity index (χ1n) is 7.01. The van der Waals surface area contributed by atoms with Gasteiger partial charge in [0.1, 0.15) is 0 Å². The number of anilines is 3. The third-order valence-corrected chi connectivity index (χ3v) is 3.42. The number of nitrogen functional groups attached to an aromatic ring is 1. The molecule has 22 heavy (non-hydrogen) atoms. The normalized spacial score (nSPS) is 10.5. The molecule has 3 rings (SSSR count). The molecule has 0 aliphatic carbocycles. The lowest BCUT2D eigenvalue weighted by Gasteiger charge is -2.10. The largest absolute Gasteiger partial charge is 0.399 e. The Labute approximate surface area is 129 Å². The Morgan fingerprint density at radius 2 is 1.82 bits per heavy atom. The summed E-state index contributed by atoms with van der Waals surface area (Å²) in [5, 5.41) is 3.21. The van der Waals surface area contributed by atoms with Crippen molar-refractivity contribution >= 4 is 17.3 Å². The second-order valence-electron chi connectivity index (χ2n) is 5.13. The summed E-state index contributed by atoms with van der Waals surface area (Å²) in [6.45, 7) is 4.02. The average Bonchev–Trinajstić information content (AvgIpc) is 2.52. The quantitative estimate of drug-likeness (QED) is 0.722. The van der Waals surface area contributed by atoms with Gasteiger partial charge in [-0.3, -0.25) is 4.98 Å². The molecule has 0 atom stereocenters. The molecule has 0 saturated carbocycles. The molecule has 0 bridgehead atoms. The van der Waals surface area contributed by atoms with Gasteiger partial charge in [-0.15, -0.1) is 0 Å². The molecule has 0 aliphatic heterocycles. The van der Waals surface area contributed by atoms with Crippen molar-refractivity contribution in [1.82, 2.24) is 15.0 Å². The van der Waals surface area contributed by atoms with Crippen LogP contribution in [0.1, 0.15) is 11.1 Å². The van der Waals surface area contributed by atoms with Crippen LogP contribution >= 0.6 is 0 Å². The third kappa shape index (κ3) is 2.88. The highest BCUT2D eigenvalue weighted by Gasteiger charge is 2.07. The summed E-state index contributed by atoms with van der Waals surface area (Å²) in [4.78, 5) is 13.2. The summed E-state index contributed by atoms with van der Waals surface area (Å²) in [6, 6.07) is 11.5. The first-order valence-corrected chi connectivity index (χ1v) is 7.01. The van der Waals surface area contributed by atoms with E-state index in [-0.39, 0.29) is 0 Å². The van der Waals surface area contributed by atoms with Gasteiger partial charge in [-0.05, 0) is 49.2 Å². The van der Waals surface area contributed by atoms with Crippen molar-refractivity contribution < 1.29 is 0 Å². The van der Waals surface area contributed by atoms with E-state index in [9.17, 15) is 0 Å². The van der Waals surface area contributed by atoms with Crippen LogP contribution in [0.15, 0.2) is 48.8 Å². The number of benzene rings is 1. The number of nitrogens with two attached hydrogens (primary N) is 1. The highest BCUT2D eigenvalue weighted by Crippen LogP contribution is 2.23. The molecular formula is C17H17N5. The number of nitrogens with one attached hydrogen (secondary N) is 1. The smallest absolute Gasteiger partial charge is 0.227 e. The predicted molar refractivity (Wildman–Crippen MR) is 88.9 cm³/mol. The average molecular weight is 291 g/mol. The van der Waals surface area contributed by atoms with Crippen LogP contribution in [0.3, 0.4) is 0 Å². The minimum Gasteiger partial charge on any atom is -0.399 e. The minimum absolute atomic E-state index is 0.524. The third-order valence-electron chi connectivity index (χ3n) is 3.42. The Balaban J connectivity index is 1.95. The summed E-state index contributed by atoms with van der Waals surface area (Å²) in [5.74, 6) is 0.524. The number of aromatic nitrogens is 3. The predicted octanol–water partition coefficient (Wildman–Crippen LogP) is 3.48. The van der Waals surface area contributed by atoms with E-state index in [1.54, 1.807) is 12.4 Å². The van der Waals surface area contributed by atoms with Crippen LogP contribution in [-0.4, -0.2) is 15.0 Å². The lowest BCUT2D eigenvalue weighted by atomic mass is 10.1. The van der Waals surface area contributed by atoms with E-state index in [0.29, 0.717) is 11.6 Å². The molecule has 0 unspecified atom stereocenters. The Kier molecular flexibility index (Phi) is 3.70. The summed E-state index contributed by atoms with van der Waals surface area (Å²) in [6.07, 6.45) is 3.49. The molecule has 110 valence electrons. The molecule has 2 aromatic heterocycles. The van der Waals surface area contributed by atoms with Crippen LogP contribution in [0.5, 0.6) is 0 Å². The fourth-order valence-electron chi connectivity index (χ4n) is 2.20. The number of nitrogens with zero attached hydrogens (tertiary/aromatic N) is 3. The first kappa shape index (κ1) is 14.0. The molecule has 3 aromatic rings. The number of hydrogen-bond donors (Lipinski definition) is 2. The highest BCUT2D eigenvalue weighted by molar-refractivity contribution is 5.65. The van der Waals surface area contributed by atoms with Crippen molar-refractivity contribution in [3.05, 3.63) is 59.9 Å². The van der Waals surface area contributed by atoms with E-state index in [1.807, 2.05) is 50.2 Å². The second kappa shape index (κ2) is 5.81. The molecule has 3 N–H and O–H groups in total. The summed E-state index contributed by atoms with van der Waals surface area (Å²) >= 11 is 0. The minimum atomic E-state index is 0.524. The maximum atomic E-state index is 5.83. The SMILES string of the molecule is Cc1ccc(N)cc1Nc1nccc(-c2ncccc2C)n1. The van der Waals surface area contributed by atoms with E-state index >= 15 is 0 Å². The fourth-order valence-corrected chi connectivity index (χ4v) is 2.20. The maximum Gasteiger partial charge on any atom is 0.227 e. The summed E-state index contributed by atoms with van der Waals surface area (Å²) in [7, 11) is 0. The molecule has 1 aromatic carbocycles. The van der Waals surface area contributed by atoms with E-state index in [1.165, 1.54) is 0 Å². The van der Waals surface area contributed by atoms with Crippen molar-refractivity contribution in [2.24, 2.45) is 0 Å². The molecule has 0 radical (unpaired) electrons. The van der Waals surface area contributed by atoms with Gasteiger partial charge < -0.3 is 11.1 Å². The Bertz CT molecular complexity index is 814. The Morgan fingerprint density at radius 3 is 2.64 bits per heavy atom. The van der Waals surface area contributed by atoms with Gasteiger partial charge in [0.25, 0.3) is 0 Å². The maximum absolute atomic E-state index is 5.83. The van der Waals surface area contributed by atoms with E-state index in [2.05, 4.69) is 20.3 Å². The van der Waals surface area contributed by atoms with Crippen LogP contribution < -0.4 is 11.1 Å². The van der Waals surface area contributed by atoms with Gasteiger partial charge in [-0.1, -0.05) is 12.1 Å². The zero-order valence-corrected chi connectivity index (χ0v) is 12.5. The second-order valence-corrected chi connectivity index (χ2v) is 5.13. The Hall–Kier alpha value is -2.95. The first-order chi connectivity index (χ1) is 10.6. The molecule has 0 aliphatic rings. The van der Waals surface area contributed by atoms with Gasteiger partial charge >= 0.3 is 0 Å². The lowest BCUT2D eigenvalue weighted by molar-refractivity contribution is 1.14. The van der Waals surface area contributed by atoms with Crippen LogP contribution in [-0.2, 0) is 0 Å². The summed E-state index contributed by atoms with van der Waals surface area (Å²) in [5.41, 5.74) is 11.2. The van der Waals surface area contributed by atoms with Crippen LogP contribution in [0.2, 0.25) is 0 Å². The van der Waals surface area contributed by atoms with Crippen LogP contribution in [0.4, 0.5) is 17.3 Å². The summed E-state index contributed by atoms with van der Waals surface area (Å²) < 4.78 is 0.